The highest BCUT2D eigenvalue weighted by molar-refractivity contribution is 6.33. The largest absolute Gasteiger partial charge is 0.484 e. The maximum Gasteiger partial charge on any atom is 0.262 e. The number of hydrogen-bond acceptors (Lipinski definition) is 3. The van der Waals surface area contributed by atoms with Crippen LogP contribution in [0.3, 0.4) is 0 Å². The summed E-state index contributed by atoms with van der Waals surface area (Å²) >= 11 is 5.93. The van der Waals surface area contributed by atoms with Crippen LogP contribution in [-0.4, -0.2) is 12.5 Å². The topological polar surface area (TPSA) is 64.3 Å². The number of nitrogen functional groups attached to an aromatic ring is 1. The lowest BCUT2D eigenvalue weighted by Crippen LogP contribution is -2.20. The minimum absolute atomic E-state index is 0.103. The molecule has 5 heteroatoms. The number of nitrogens with one attached hydrogen (secondary N) is 1. The molecule has 0 saturated carbocycles. The molecule has 0 radical (unpaired) electrons. The lowest BCUT2D eigenvalue weighted by atomic mass is 10.3. The standard InChI is InChI=1S/C14H13ClN2O2/c15-12-6-1-2-7-13(12)17-14(18)9-19-11-5-3-4-10(16)8-11/h1-8H,9,16H2,(H,17,18). The van der Waals surface area contributed by atoms with Crippen molar-refractivity contribution in [2.24, 2.45) is 0 Å². The molecule has 19 heavy (non-hydrogen) atoms. The van der Waals surface area contributed by atoms with Crippen molar-refractivity contribution < 1.29 is 9.53 Å². The van der Waals surface area contributed by atoms with Crippen molar-refractivity contribution in [3.05, 3.63) is 53.6 Å². The zero-order chi connectivity index (χ0) is 13.7. The molecule has 4 nitrogen and oxygen atoms in total. The van der Waals surface area contributed by atoms with E-state index in [0.717, 1.165) is 0 Å². The lowest BCUT2D eigenvalue weighted by molar-refractivity contribution is -0.118. The first-order chi connectivity index (χ1) is 9.15. The highest BCUT2D eigenvalue weighted by atomic mass is 35.5. The lowest BCUT2D eigenvalue weighted by Gasteiger charge is -2.08. The predicted octanol–water partition coefficient (Wildman–Crippen LogP) is 2.94. The molecule has 2 aromatic carbocycles. The van der Waals surface area contributed by atoms with Gasteiger partial charge < -0.3 is 15.8 Å². The summed E-state index contributed by atoms with van der Waals surface area (Å²) in [6, 6.07) is 13.9. The zero-order valence-electron chi connectivity index (χ0n) is 10.1. The van der Waals surface area contributed by atoms with Gasteiger partial charge in [-0.05, 0) is 24.3 Å². The Balaban J connectivity index is 1.90. The molecule has 0 unspecified atom stereocenters. The number of rotatable bonds is 4. The van der Waals surface area contributed by atoms with Crippen molar-refractivity contribution in [1.29, 1.82) is 0 Å². The molecule has 0 spiro atoms. The quantitative estimate of drug-likeness (QED) is 0.844. The van der Waals surface area contributed by atoms with Gasteiger partial charge in [0.15, 0.2) is 6.61 Å². The summed E-state index contributed by atoms with van der Waals surface area (Å²) in [5, 5.41) is 3.15. The number of hydrogen-bond donors (Lipinski definition) is 2. The van der Waals surface area contributed by atoms with Crippen molar-refractivity contribution in [3.8, 4) is 5.75 Å². The molecule has 2 rings (SSSR count). The van der Waals surface area contributed by atoms with Crippen LogP contribution in [0.4, 0.5) is 11.4 Å². The molecule has 0 bridgehead atoms. The molecule has 0 aliphatic rings. The van der Waals surface area contributed by atoms with Crippen molar-refractivity contribution in [3.63, 3.8) is 0 Å². The van der Waals surface area contributed by atoms with Gasteiger partial charge in [0.2, 0.25) is 0 Å². The summed E-state index contributed by atoms with van der Waals surface area (Å²) in [5.41, 5.74) is 6.76. The second-order valence-corrected chi connectivity index (χ2v) is 4.30. The first-order valence-electron chi connectivity index (χ1n) is 5.68. The van der Waals surface area contributed by atoms with Crippen molar-refractivity contribution in [1.82, 2.24) is 0 Å². The van der Waals surface area contributed by atoms with E-state index >= 15 is 0 Å². The minimum Gasteiger partial charge on any atom is -0.484 e. The predicted molar refractivity (Wildman–Crippen MR) is 76.4 cm³/mol. The molecule has 0 aliphatic heterocycles. The van der Waals surface area contributed by atoms with Gasteiger partial charge in [0.1, 0.15) is 5.75 Å². The van der Waals surface area contributed by atoms with Gasteiger partial charge in [-0.15, -0.1) is 0 Å². The second kappa shape index (κ2) is 6.11. The number of halogens is 1. The fourth-order valence-electron chi connectivity index (χ4n) is 1.50. The molecule has 2 aromatic rings. The van der Waals surface area contributed by atoms with Crippen LogP contribution in [0.1, 0.15) is 0 Å². The minimum atomic E-state index is -0.282. The number of anilines is 2. The first kappa shape index (κ1) is 13.2. The van der Waals surface area contributed by atoms with Gasteiger partial charge >= 0.3 is 0 Å². The van der Waals surface area contributed by atoms with E-state index in [9.17, 15) is 4.79 Å². The molecule has 3 N–H and O–H groups in total. The van der Waals surface area contributed by atoms with E-state index < -0.39 is 0 Å². The Morgan fingerprint density at radius 2 is 2.00 bits per heavy atom. The van der Waals surface area contributed by atoms with Crippen LogP contribution in [0.15, 0.2) is 48.5 Å². The van der Waals surface area contributed by atoms with Gasteiger partial charge in [-0.3, -0.25) is 4.79 Å². The molecule has 98 valence electrons. The van der Waals surface area contributed by atoms with Crippen LogP contribution in [0.25, 0.3) is 0 Å². The summed E-state index contributed by atoms with van der Waals surface area (Å²) in [5.74, 6) is 0.268. The summed E-state index contributed by atoms with van der Waals surface area (Å²) in [6.45, 7) is -0.103. The monoisotopic (exact) mass is 276 g/mol. The number of para-hydroxylation sites is 1. The highest BCUT2D eigenvalue weighted by Crippen LogP contribution is 2.20. The van der Waals surface area contributed by atoms with E-state index in [1.54, 1.807) is 48.5 Å². The van der Waals surface area contributed by atoms with Gasteiger partial charge in [0, 0.05) is 11.8 Å². The average Bonchev–Trinajstić information content (AvgIpc) is 2.39. The van der Waals surface area contributed by atoms with E-state index in [4.69, 9.17) is 22.1 Å². The number of benzene rings is 2. The SMILES string of the molecule is Nc1cccc(OCC(=O)Nc2ccccc2Cl)c1. The molecule has 0 aromatic heterocycles. The maximum atomic E-state index is 11.7. The van der Waals surface area contributed by atoms with Crippen LogP contribution in [-0.2, 0) is 4.79 Å². The number of amides is 1. The molecule has 1 amide bonds. The highest BCUT2D eigenvalue weighted by Gasteiger charge is 2.06. The summed E-state index contributed by atoms with van der Waals surface area (Å²) in [6.07, 6.45) is 0. The number of nitrogens with two attached hydrogens (primary N) is 1. The Kier molecular flexibility index (Phi) is 4.26. The van der Waals surface area contributed by atoms with Crippen LogP contribution >= 0.6 is 11.6 Å². The van der Waals surface area contributed by atoms with E-state index in [2.05, 4.69) is 5.32 Å². The number of carbonyl (C=O) groups excluding carboxylic acids is 1. The Labute approximate surface area is 116 Å². The third-order valence-corrected chi connectivity index (χ3v) is 2.71. The van der Waals surface area contributed by atoms with Crippen molar-refractivity contribution >= 4 is 28.9 Å². The third-order valence-electron chi connectivity index (χ3n) is 2.38. The van der Waals surface area contributed by atoms with Gasteiger partial charge in [0.25, 0.3) is 5.91 Å². The fraction of sp³-hybridized carbons (Fsp3) is 0.0714. The molecule has 0 atom stereocenters. The normalized spacial score (nSPS) is 9.95. The maximum absolute atomic E-state index is 11.7. The molecule has 0 aliphatic carbocycles. The summed E-state index contributed by atoms with van der Waals surface area (Å²) < 4.78 is 5.33. The van der Waals surface area contributed by atoms with E-state index in [0.29, 0.717) is 22.1 Å². The molecule has 0 fully saturated rings. The van der Waals surface area contributed by atoms with Gasteiger partial charge in [0.05, 0.1) is 10.7 Å². The van der Waals surface area contributed by atoms with Crippen LogP contribution < -0.4 is 15.8 Å². The third kappa shape index (κ3) is 3.89. The Bertz CT molecular complexity index is 587. The van der Waals surface area contributed by atoms with E-state index in [1.165, 1.54) is 0 Å². The molecular formula is C14H13ClN2O2. The Morgan fingerprint density at radius 1 is 1.21 bits per heavy atom. The van der Waals surface area contributed by atoms with Gasteiger partial charge in [-0.25, -0.2) is 0 Å². The number of carbonyl (C=O) groups is 1. The smallest absolute Gasteiger partial charge is 0.262 e. The van der Waals surface area contributed by atoms with Gasteiger partial charge in [-0.2, -0.15) is 0 Å². The molecule has 0 heterocycles. The van der Waals surface area contributed by atoms with E-state index in [1.807, 2.05) is 0 Å². The van der Waals surface area contributed by atoms with Crippen molar-refractivity contribution in [2.45, 2.75) is 0 Å². The molecular weight excluding hydrogens is 264 g/mol. The summed E-state index contributed by atoms with van der Waals surface area (Å²) in [4.78, 5) is 11.7. The first-order valence-corrected chi connectivity index (χ1v) is 6.05. The average molecular weight is 277 g/mol. The second-order valence-electron chi connectivity index (χ2n) is 3.89. The van der Waals surface area contributed by atoms with Crippen molar-refractivity contribution in [2.75, 3.05) is 17.7 Å². The van der Waals surface area contributed by atoms with Crippen LogP contribution in [0.5, 0.6) is 5.75 Å². The Morgan fingerprint density at radius 3 is 2.74 bits per heavy atom. The summed E-state index contributed by atoms with van der Waals surface area (Å²) in [7, 11) is 0. The zero-order valence-corrected chi connectivity index (χ0v) is 10.9. The molecule has 0 saturated heterocycles. The van der Waals surface area contributed by atoms with Gasteiger partial charge in [-0.1, -0.05) is 29.8 Å². The Hall–Kier alpha value is -2.20. The van der Waals surface area contributed by atoms with Crippen LogP contribution in [0, 0.1) is 0 Å². The van der Waals surface area contributed by atoms with Crippen LogP contribution in [0.2, 0.25) is 5.02 Å². The van der Waals surface area contributed by atoms with E-state index in [-0.39, 0.29) is 12.5 Å². The fourth-order valence-corrected chi connectivity index (χ4v) is 1.69. The number of ether oxygens (including phenoxy) is 1.